The van der Waals surface area contributed by atoms with Gasteiger partial charge in [-0.1, -0.05) is 47.6 Å². The quantitative estimate of drug-likeness (QED) is 0.461. The fraction of sp³-hybridized carbons (Fsp3) is 0.211. The molecule has 0 aliphatic carbocycles. The number of aryl methyl sites for hydroxylation is 1. The number of ether oxygens (including phenoxy) is 1. The van der Waals surface area contributed by atoms with Crippen LogP contribution in [0.4, 0.5) is 0 Å². The molecule has 2 aromatic carbocycles. The summed E-state index contributed by atoms with van der Waals surface area (Å²) in [7, 11) is 0. The van der Waals surface area contributed by atoms with Crippen LogP contribution in [0.1, 0.15) is 5.56 Å². The SMILES string of the molecule is Cc1ccccc1OCCNC(=O)CSc1nncn1-c1cccc(Cl)c1. The van der Waals surface area contributed by atoms with Crippen molar-refractivity contribution in [1.29, 1.82) is 0 Å². The van der Waals surface area contributed by atoms with Crippen LogP contribution >= 0.6 is 23.4 Å². The van der Waals surface area contributed by atoms with Crippen LogP contribution in [0.2, 0.25) is 5.02 Å². The molecule has 0 aliphatic heterocycles. The van der Waals surface area contributed by atoms with Crippen LogP contribution in [0.3, 0.4) is 0 Å². The van der Waals surface area contributed by atoms with Crippen LogP contribution in [0, 0.1) is 6.92 Å². The zero-order valence-electron chi connectivity index (χ0n) is 14.8. The Kier molecular flexibility index (Phi) is 6.73. The van der Waals surface area contributed by atoms with Gasteiger partial charge in [-0.15, -0.1) is 10.2 Å². The summed E-state index contributed by atoms with van der Waals surface area (Å²) in [4.78, 5) is 12.1. The molecule has 27 heavy (non-hydrogen) atoms. The summed E-state index contributed by atoms with van der Waals surface area (Å²) in [5.41, 5.74) is 1.92. The molecule has 140 valence electrons. The number of benzene rings is 2. The third-order valence-corrected chi connectivity index (χ3v) is 4.89. The van der Waals surface area contributed by atoms with Crippen LogP contribution in [0.5, 0.6) is 5.75 Å². The van der Waals surface area contributed by atoms with Gasteiger partial charge in [0.25, 0.3) is 0 Å². The smallest absolute Gasteiger partial charge is 0.230 e. The van der Waals surface area contributed by atoms with Gasteiger partial charge in [0.1, 0.15) is 18.7 Å². The van der Waals surface area contributed by atoms with Crippen molar-refractivity contribution < 1.29 is 9.53 Å². The molecule has 1 heterocycles. The van der Waals surface area contributed by atoms with Crippen molar-refractivity contribution in [3.63, 3.8) is 0 Å². The molecule has 0 bridgehead atoms. The number of halogens is 1. The summed E-state index contributed by atoms with van der Waals surface area (Å²) in [6, 6.07) is 15.2. The summed E-state index contributed by atoms with van der Waals surface area (Å²) in [5.74, 6) is 0.980. The summed E-state index contributed by atoms with van der Waals surface area (Å²) in [5, 5.41) is 12.1. The molecule has 0 atom stereocenters. The van der Waals surface area contributed by atoms with Gasteiger partial charge < -0.3 is 10.1 Å². The molecular formula is C19H19ClN4O2S. The Morgan fingerprint density at radius 3 is 2.93 bits per heavy atom. The van der Waals surface area contributed by atoms with Gasteiger partial charge in [0, 0.05) is 5.02 Å². The first kappa shape index (κ1) is 19.3. The highest BCUT2D eigenvalue weighted by atomic mass is 35.5. The predicted octanol–water partition coefficient (Wildman–Crippen LogP) is 3.52. The second-order valence-electron chi connectivity index (χ2n) is 5.72. The molecule has 1 N–H and O–H groups in total. The van der Waals surface area contributed by atoms with Crippen LogP contribution in [0.25, 0.3) is 5.69 Å². The molecule has 0 radical (unpaired) electrons. The second kappa shape index (κ2) is 9.43. The van der Waals surface area contributed by atoms with Gasteiger partial charge >= 0.3 is 0 Å². The van der Waals surface area contributed by atoms with Crippen molar-refractivity contribution in [3.8, 4) is 11.4 Å². The molecule has 0 spiro atoms. The van der Waals surface area contributed by atoms with E-state index in [-0.39, 0.29) is 11.7 Å². The highest BCUT2D eigenvalue weighted by Gasteiger charge is 2.10. The van der Waals surface area contributed by atoms with E-state index in [1.54, 1.807) is 17.0 Å². The largest absolute Gasteiger partial charge is 0.491 e. The van der Waals surface area contributed by atoms with E-state index in [0.717, 1.165) is 17.0 Å². The zero-order valence-corrected chi connectivity index (χ0v) is 16.3. The molecule has 1 amide bonds. The van der Waals surface area contributed by atoms with Crippen molar-refractivity contribution in [2.24, 2.45) is 0 Å². The predicted molar refractivity (Wildman–Crippen MR) is 107 cm³/mol. The van der Waals surface area contributed by atoms with Crippen LogP contribution < -0.4 is 10.1 Å². The van der Waals surface area contributed by atoms with Gasteiger partial charge in [-0.25, -0.2) is 0 Å². The van der Waals surface area contributed by atoms with Gasteiger partial charge in [-0.3, -0.25) is 9.36 Å². The number of carbonyl (C=O) groups is 1. The lowest BCUT2D eigenvalue weighted by Gasteiger charge is -2.10. The van der Waals surface area contributed by atoms with Gasteiger partial charge in [0.2, 0.25) is 5.91 Å². The van der Waals surface area contributed by atoms with Gasteiger partial charge in [-0.05, 0) is 36.8 Å². The lowest BCUT2D eigenvalue weighted by atomic mass is 10.2. The number of carbonyl (C=O) groups excluding carboxylic acids is 1. The zero-order chi connectivity index (χ0) is 19.1. The Labute approximate surface area is 166 Å². The van der Waals surface area contributed by atoms with Crippen molar-refractivity contribution in [2.45, 2.75) is 12.1 Å². The standard InChI is InChI=1S/C19H19ClN4O2S/c1-14-5-2-3-8-17(14)26-10-9-21-18(25)12-27-19-23-22-13-24(19)16-7-4-6-15(20)11-16/h2-8,11,13H,9-10,12H2,1H3,(H,21,25). The van der Waals surface area contributed by atoms with Gasteiger partial charge in [0.15, 0.2) is 5.16 Å². The second-order valence-corrected chi connectivity index (χ2v) is 7.09. The summed E-state index contributed by atoms with van der Waals surface area (Å²) >= 11 is 7.34. The van der Waals surface area contributed by atoms with Crippen LogP contribution in [-0.4, -0.2) is 39.6 Å². The van der Waals surface area contributed by atoms with E-state index in [1.807, 2.05) is 49.4 Å². The van der Waals surface area contributed by atoms with Crippen molar-refractivity contribution >= 4 is 29.3 Å². The number of hydrogen-bond acceptors (Lipinski definition) is 5. The first-order valence-electron chi connectivity index (χ1n) is 8.37. The van der Waals surface area contributed by atoms with Gasteiger partial charge in [-0.2, -0.15) is 0 Å². The van der Waals surface area contributed by atoms with Crippen LogP contribution in [0.15, 0.2) is 60.0 Å². The molecule has 6 nitrogen and oxygen atoms in total. The number of hydrogen-bond donors (Lipinski definition) is 1. The van der Waals surface area contributed by atoms with Gasteiger partial charge in [0.05, 0.1) is 18.0 Å². The van der Waals surface area contributed by atoms with E-state index in [0.29, 0.717) is 23.3 Å². The molecule has 0 fully saturated rings. The summed E-state index contributed by atoms with van der Waals surface area (Å²) < 4.78 is 7.46. The number of nitrogens with one attached hydrogen (secondary N) is 1. The van der Waals surface area contributed by atoms with E-state index in [1.165, 1.54) is 11.8 Å². The van der Waals surface area contributed by atoms with Crippen molar-refractivity contribution in [1.82, 2.24) is 20.1 Å². The Hall–Kier alpha value is -2.51. The monoisotopic (exact) mass is 402 g/mol. The maximum atomic E-state index is 12.1. The molecular weight excluding hydrogens is 384 g/mol. The first-order valence-corrected chi connectivity index (χ1v) is 9.74. The fourth-order valence-electron chi connectivity index (χ4n) is 2.38. The number of amides is 1. The minimum atomic E-state index is -0.0889. The Bertz CT molecular complexity index is 916. The third-order valence-electron chi connectivity index (χ3n) is 3.71. The minimum absolute atomic E-state index is 0.0889. The maximum absolute atomic E-state index is 12.1. The van der Waals surface area contributed by atoms with Crippen LogP contribution in [-0.2, 0) is 4.79 Å². The average Bonchev–Trinajstić information content (AvgIpc) is 3.13. The number of rotatable bonds is 8. The number of para-hydroxylation sites is 1. The number of nitrogens with zero attached hydrogens (tertiary/aromatic N) is 3. The molecule has 0 aliphatic rings. The Morgan fingerprint density at radius 1 is 1.26 bits per heavy atom. The summed E-state index contributed by atoms with van der Waals surface area (Å²) in [6.07, 6.45) is 1.60. The van der Waals surface area contributed by atoms with E-state index in [2.05, 4.69) is 15.5 Å². The van der Waals surface area contributed by atoms with Crippen molar-refractivity contribution in [2.75, 3.05) is 18.9 Å². The van der Waals surface area contributed by atoms with E-state index in [4.69, 9.17) is 16.3 Å². The fourth-order valence-corrected chi connectivity index (χ4v) is 3.32. The Morgan fingerprint density at radius 2 is 2.11 bits per heavy atom. The maximum Gasteiger partial charge on any atom is 0.230 e. The number of aromatic nitrogens is 3. The first-order chi connectivity index (χ1) is 13.1. The topological polar surface area (TPSA) is 69.0 Å². The molecule has 8 heteroatoms. The Balaban J connectivity index is 1.45. The van der Waals surface area contributed by atoms with Crippen molar-refractivity contribution in [3.05, 3.63) is 65.4 Å². The number of thioether (sulfide) groups is 1. The molecule has 3 aromatic rings. The molecule has 1 aromatic heterocycles. The normalized spacial score (nSPS) is 10.6. The highest BCUT2D eigenvalue weighted by molar-refractivity contribution is 7.99. The molecule has 0 saturated carbocycles. The van der Waals surface area contributed by atoms with E-state index >= 15 is 0 Å². The van der Waals surface area contributed by atoms with E-state index in [9.17, 15) is 4.79 Å². The lowest BCUT2D eigenvalue weighted by molar-refractivity contribution is -0.118. The third kappa shape index (κ3) is 5.48. The minimum Gasteiger partial charge on any atom is -0.491 e. The lowest BCUT2D eigenvalue weighted by Crippen LogP contribution is -2.29. The average molecular weight is 403 g/mol. The summed E-state index contributed by atoms with van der Waals surface area (Å²) in [6.45, 7) is 2.84. The molecule has 0 unspecified atom stereocenters. The molecule has 0 saturated heterocycles. The van der Waals surface area contributed by atoms with E-state index < -0.39 is 0 Å². The highest BCUT2D eigenvalue weighted by Crippen LogP contribution is 2.21. The molecule has 3 rings (SSSR count).